The number of ether oxygens (including phenoxy) is 1. The number of amides is 1. The highest BCUT2D eigenvalue weighted by Crippen LogP contribution is 2.06. The molecule has 3 N–H and O–H groups in total. The van der Waals surface area contributed by atoms with Gasteiger partial charge in [-0.05, 0) is 27.7 Å². The Morgan fingerprint density at radius 1 is 1.38 bits per heavy atom. The highest BCUT2D eigenvalue weighted by molar-refractivity contribution is 5.67. The normalized spacial score (nSPS) is 11.2. The molecule has 0 aliphatic carbocycles. The van der Waals surface area contributed by atoms with Crippen molar-refractivity contribution in [2.24, 2.45) is 0 Å². The highest BCUT2D eigenvalue weighted by atomic mass is 16.6. The van der Waals surface area contributed by atoms with Crippen molar-refractivity contribution in [1.82, 2.24) is 15.5 Å². The smallest absolute Gasteiger partial charge is 0.407 e. The fraction of sp³-hybridized carbons (Fsp3) is 0.600. The first kappa shape index (κ1) is 12.4. The van der Waals surface area contributed by atoms with Crippen molar-refractivity contribution in [3.8, 4) is 0 Å². The molecule has 1 amide bonds. The molecule has 1 rings (SSSR count). The van der Waals surface area contributed by atoms with Crippen molar-refractivity contribution in [2.45, 2.75) is 39.8 Å². The van der Waals surface area contributed by atoms with Crippen LogP contribution in [0.5, 0.6) is 0 Å². The second-order valence-corrected chi connectivity index (χ2v) is 4.54. The van der Waals surface area contributed by atoms with Gasteiger partial charge in [0.25, 0.3) is 5.56 Å². The third-order valence-corrected chi connectivity index (χ3v) is 1.90. The molecule has 90 valence electrons. The largest absolute Gasteiger partial charge is 0.444 e. The Morgan fingerprint density at radius 2 is 2.00 bits per heavy atom. The zero-order valence-electron chi connectivity index (χ0n) is 9.93. The predicted molar refractivity (Wildman–Crippen MR) is 59.2 cm³/mol. The molecule has 0 unspecified atom stereocenters. The molecule has 6 heteroatoms. The van der Waals surface area contributed by atoms with E-state index >= 15 is 0 Å². The fourth-order valence-corrected chi connectivity index (χ4v) is 1.16. The Bertz CT molecular complexity index is 425. The van der Waals surface area contributed by atoms with E-state index in [0.717, 1.165) is 0 Å². The SMILES string of the molecule is Cc1[nH][nH]c(=O)c1CNC(=O)OC(C)(C)C. The molecule has 0 spiro atoms. The van der Waals surface area contributed by atoms with Crippen molar-refractivity contribution < 1.29 is 9.53 Å². The number of hydrogen-bond acceptors (Lipinski definition) is 3. The lowest BCUT2D eigenvalue weighted by Gasteiger charge is -2.19. The number of carbonyl (C=O) groups is 1. The lowest BCUT2D eigenvalue weighted by molar-refractivity contribution is 0.0523. The second kappa shape index (κ2) is 4.42. The van der Waals surface area contributed by atoms with Crippen LogP contribution in [-0.2, 0) is 11.3 Å². The summed E-state index contributed by atoms with van der Waals surface area (Å²) in [5, 5.41) is 7.64. The van der Waals surface area contributed by atoms with Gasteiger partial charge in [-0.2, -0.15) is 0 Å². The summed E-state index contributed by atoms with van der Waals surface area (Å²) in [4.78, 5) is 22.6. The summed E-state index contributed by atoms with van der Waals surface area (Å²) < 4.78 is 5.04. The van der Waals surface area contributed by atoms with Crippen LogP contribution >= 0.6 is 0 Å². The fourth-order valence-electron chi connectivity index (χ4n) is 1.16. The van der Waals surface area contributed by atoms with E-state index in [1.165, 1.54) is 0 Å². The molecule has 1 aromatic heterocycles. The van der Waals surface area contributed by atoms with Gasteiger partial charge in [0.05, 0.1) is 12.1 Å². The maximum absolute atomic E-state index is 11.3. The summed E-state index contributed by atoms with van der Waals surface area (Å²) in [6.45, 7) is 7.24. The van der Waals surface area contributed by atoms with Crippen LogP contribution in [0.15, 0.2) is 4.79 Å². The maximum Gasteiger partial charge on any atom is 0.407 e. The van der Waals surface area contributed by atoms with Crippen molar-refractivity contribution in [1.29, 1.82) is 0 Å². The predicted octanol–water partition coefficient (Wildman–Crippen LogP) is 1.04. The van der Waals surface area contributed by atoms with Crippen LogP contribution in [0.2, 0.25) is 0 Å². The van der Waals surface area contributed by atoms with Gasteiger partial charge in [-0.15, -0.1) is 0 Å². The molecule has 0 radical (unpaired) electrons. The molecule has 1 heterocycles. The lowest BCUT2D eigenvalue weighted by atomic mass is 10.2. The van der Waals surface area contributed by atoms with E-state index in [-0.39, 0.29) is 12.1 Å². The minimum absolute atomic E-state index is 0.152. The minimum Gasteiger partial charge on any atom is -0.444 e. The number of rotatable bonds is 2. The Hall–Kier alpha value is -1.72. The zero-order valence-corrected chi connectivity index (χ0v) is 9.93. The van der Waals surface area contributed by atoms with E-state index in [1.807, 2.05) is 0 Å². The first-order valence-electron chi connectivity index (χ1n) is 5.02. The number of H-pyrrole nitrogens is 2. The number of carbonyl (C=O) groups excluding carboxylic acids is 1. The number of aromatic nitrogens is 2. The number of aromatic amines is 2. The van der Waals surface area contributed by atoms with Crippen molar-refractivity contribution in [3.63, 3.8) is 0 Å². The third-order valence-electron chi connectivity index (χ3n) is 1.90. The Kier molecular flexibility index (Phi) is 3.41. The van der Waals surface area contributed by atoms with E-state index in [1.54, 1.807) is 27.7 Å². The van der Waals surface area contributed by atoms with E-state index < -0.39 is 11.7 Å². The maximum atomic E-state index is 11.3. The van der Waals surface area contributed by atoms with Gasteiger partial charge in [0.1, 0.15) is 5.60 Å². The van der Waals surface area contributed by atoms with Gasteiger partial charge in [0.2, 0.25) is 0 Å². The summed E-state index contributed by atoms with van der Waals surface area (Å²) in [6, 6.07) is 0. The van der Waals surface area contributed by atoms with Gasteiger partial charge in [-0.1, -0.05) is 0 Å². The van der Waals surface area contributed by atoms with Gasteiger partial charge in [-0.3, -0.25) is 9.89 Å². The average Bonchev–Trinajstić information content (AvgIpc) is 2.41. The Balaban J connectivity index is 2.53. The summed E-state index contributed by atoms with van der Waals surface area (Å²) in [6.07, 6.45) is -0.535. The Labute approximate surface area is 93.4 Å². The molecule has 0 bridgehead atoms. The second-order valence-electron chi connectivity index (χ2n) is 4.54. The monoisotopic (exact) mass is 227 g/mol. The summed E-state index contributed by atoms with van der Waals surface area (Å²) >= 11 is 0. The van der Waals surface area contributed by atoms with Crippen LogP contribution in [0.25, 0.3) is 0 Å². The summed E-state index contributed by atoms with van der Waals surface area (Å²) in [5.41, 5.74) is 0.449. The minimum atomic E-state index is -0.538. The standard InChI is InChI=1S/C10H17N3O3/c1-6-7(8(14)13-12-6)5-11-9(15)16-10(2,3)4/h5H2,1-4H3,(H,11,15)(H2,12,13,14). The summed E-state index contributed by atoms with van der Waals surface area (Å²) in [7, 11) is 0. The van der Waals surface area contributed by atoms with E-state index in [2.05, 4.69) is 15.5 Å². The van der Waals surface area contributed by atoms with Gasteiger partial charge in [0.15, 0.2) is 0 Å². The van der Waals surface area contributed by atoms with Gasteiger partial charge in [-0.25, -0.2) is 4.79 Å². The quantitative estimate of drug-likeness (QED) is 0.705. The van der Waals surface area contributed by atoms with Crippen LogP contribution < -0.4 is 10.9 Å². The molecule has 0 aliphatic heterocycles. The third kappa shape index (κ3) is 3.45. The van der Waals surface area contributed by atoms with E-state index in [9.17, 15) is 9.59 Å². The van der Waals surface area contributed by atoms with Crippen LogP contribution in [0, 0.1) is 6.92 Å². The summed E-state index contributed by atoms with van der Waals surface area (Å²) in [5.74, 6) is 0. The van der Waals surface area contributed by atoms with E-state index in [4.69, 9.17) is 4.74 Å². The number of hydrogen-bond donors (Lipinski definition) is 3. The number of nitrogens with one attached hydrogen (secondary N) is 3. The average molecular weight is 227 g/mol. The molecule has 6 nitrogen and oxygen atoms in total. The van der Waals surface area contributed by atoms with Crippen molar-refractivity contribution in [3.05, 3.63) is 21.6 Å². The highest BCUT2D eigenvalue weighted by Gasteiger charge is 2.16. The lowest BCUT2D eigenvalue weighted by Crippen LogP contribution is -2.33. The van der Waals surface area contributed by atoms with Gasteiger partial charge >= 0.3 is 6.09 Å². The van der Waals surface area contributed by atoms with Crippen LogP contribution in [0.3, 0.4) is 0 Å². The van der Waals surface area contributed by atoms with Crippen LogP contribution in [-0.4, -0.2) is 21.9 Å². The molecule has 16 heavy (non-hydrogen) atoms. The van der Waals surface area contributed by atoms with E-state index in [0.29, 0.717) is 11.3 Å². The molecule has 0 atom stereocenters. The first-order valence-corrected chi connectivity index (χ1v) is 5.02. The molecule has 0 fully saturated rings. The molecular weight excluding hydrogens is 210 g/mol. The first-order chi connectivity index (χ1) is 7.29. The molecule has 0 saturated carbocycles. The molecule has 0 saturated heterocycles. The zero-order chi connectivity index (χ0) is 12.3. The van der Waals surface area contributed by atoms with Gasteiger partial charge in [0, 0.05) is 5.69 Å². The van der Waals surface area contributed by atoms with Gasteiger partial charge < -0.3 is 15.2 Å². The topological polar surface area (TPSA) is 87.0 Å². The molecule has 0 aromatic carbocycles. The Morgan fingerprint density at radius 3 is 2.44 bits per heavy atom. The van der Waals surface area contributed by atoms with Crippen molar-refractivity contribution >= 4 is 6.09 Å². The number of alkyl carbamates (subject to hydrolysis) is 1. The molecular formula is C10H17N3O3. The van der Waals surface area contributed by atoms with Crippen molar-refractivity contribution in [2.75, 3.05) is 0 Å². The molecule has 1 aromatic rings. The number of aryl methyl sites for hydroxylation is 1. The van der Waals surface area contributed by atoms with Crippen LogP contribution in [0.4, 0.5) is 4.79 Å². The van der Waals surface area contributed by atoms with Crippen LogP contribution in [0.1, 0.15) is 32.0 Å². The molecule has 0 aliphatic rings.